The molecule has 0 saturated heterocycles. The van der Waals surface area contributed by atoms with Crippen LogP contribution >= 0.6 is 22.7 Å². The van der Waals surface area contributed by atoms with E-state index in [-0.39, 0.29) is 17.5 Å². The van der Waals surface area contributed by atoms with Crippen LogP contribution in [0.15, 0.2) is 60.5 Å². The van der Waals surface area contributed by atoms with Gasteiger partial charge in [0.05, 0.1) is 12.3 Å². The van der Waals surface area contributed by atoms with Crippen molar-refractivity contribution in [3.05, 3.63) is 65.4 Å². The zero-order valence-electron chi connectivity index (χ0n) is 20.9. The Balaban J connectivity index is 1.64. The van der Waals surface area contributed by atoms with Crippen LogP contribution in [0.5, 0.6) is 0 Å². The number of hydrogen-bond donors (Lipinski definition) is 2. The fourth-order valence-electron chi connectivity index (χ4n) is 3.56. The van der Waals surface area contributed by atoms with Crippen LogP contribution in [-0.4, -0.2) is 55.1 Å². The van der Waals surface area contributed by atoms with E-state index in [1.165, 1.54) is 11.3 Å². The van der Waals surface area contributed by atoms with Gasteiger partial charge in [0, 0.05) is 47.8 Å². The molecule has 0 aliphatic heterocycles. The van der Waals surface area contributed by atoms with Crippen molar-refractivity contribution in [3.63, 3.8) is 0 Å². The topological polar surface area (TPSA) is 145 Å². The normalized spacial score (nSPS) is 10.7. The molecule has 196 valence electrons. The van der Waals surface area contributed by atoms with Gasteiger partial charge in [-0.05, 0) is 38.1 Å². The summed E-state index contributed by atoms with van der Waals surface area (Å²) in [5, 5.41) is 8.51. The first kappa shape index (κ1) is 26.0. The van der Waals surface area contributed by atoms with Gasteiger partial charge < -0.3 is 10.1 Å². The molecule has 5 rings (SSSR count). The summed E-state index contributed by atoms with van der Waals surface area (Å²) in [7, 11) is 0. The van der Waals surface area contributed by atoms with Crippen molar-refractivity contribution in [1.29, 1.82) is 0 Å². The molecule has 0 bridgehead atoms. The van der Waals surface area contributed by atoms with Crippen molar-refractivity contribution in [2.45, 2.75) is 13.8 Å². The van der Waals surface area contributed by atoms with E-state index in [1.807, 2.05) is 30.5 Å². The zero-order chi connectivity index (χ0) is 27.2. The van der Waals surface area contributed by atoms with Gasteiger partial charge in [-0.1, -0.05) is 6.07 Å². The van der Waals surface area contributed by atoms with Crippen LogP contribution in [-0.2, 0) is 4.74 Å². The summed E-state index contributed by atoms with van der Waals surface area (Å²) < 4.78 is 5.28. The molecule has 0 unspecified atom stereocenters. The van der Waals surface area contributed by atoms with Crippen LogP contribution in [0.25, 0.3) is 44.0 Å². The Bertz CT molecular complexity index is 1610. The number of anilines is 1. The van der Waals surface area contributed by atoms with Gasteiger partial charge in [-0.3, -0.25) is 10.3 Å². The van der Waals surface area contributed by atoms with Crippen LogP contribution in [0.4, 0.5) is 10.6 Å². The molecular formula is C26H22N8O3S2. The zero-order valence-corrected chi connectivity index (χ0v) is 22.5. The molecule has 2 amide bonds. The molecule has 5 aromatic rings. The molecule has 0 fully saturated rings. The van der Waals surface area contributed by atoms with Gasteiger partial charge in [0.25, 0.3) is 0 Å². The Hall–Kier alpha value is -4.62. The minimum Gasteiger partial charge on any atom is -0.462 e. The Morgan fingerprint density at radius 1 is 0.923 bits per heavy atom. The van der Waals surface area contributed by atoms with Gasteiger partial charge in [-0.2, -0.15) is 0 Å². The molecule has 11 nitrogen and oxygen atoms in total. The number of esters is 1. The van der Waals surface area contributed by atoms with E-state index >= 15 is 0 Å². The summed E-state index contributed by atoms with van der Waals surface area (Å²) in [6, 6.07) is 8.66. The molecular weight excluding hydrogens is 536 g/mol. The maximum atomic E-state index is 12.8. The van der Waals surface area contributed by atoms with E-state index in [9.17, 15) is 9.59 Å². The second-order valence-corrected chi connectivity index (χ2v) is 9.70. The minimum atomic E-state index is -0.514. The fourth-order valence-corrected chi connectivity index (χ4v) is 5.39. The molecule has 0 radical (unpaired) electrons. The molecule has 0 atom stereocenters. The average molecular weight is 559 g/mol. The number of aromatic nitrogens is 6. The summed E-state index contributed by atoms with van der Waals surface area (Å²) >= 11 is 2.57. The molecule has 0 aliphatic carbocycles. The number of nitrogens with zero attached hydrogens (tertiary/aromatic N) is 6. The van der Waals surface area contributed by atoms with Crippen LogP contribution < -0.4 is 10.6 Å². The predicted molar refractivity (Wildman–Crippen MR) is 149 cm³/mol. The van der Waals surface area contributed by atoms with Crippen molar-refractivity contribution >= 4 is 40.5 Å². The van der Waals surface area contributed by atoms with Crippen LogP contribution in [0.2, 0.25) is 0 Å². The van der Waals surface area contributed by atoms with Gasteiger partial charge in [0.1, 0.15) is 32.1 Å². The molecule has 5 aromatic heterocycles. The molecule has 0 saturated carbocycles. The van der Waals surface area contributed by atoms with E-state index in [1.54, 1.807) is 43.8 Å². The lowest BCUT2D eigenvalue weighted by molar-refractivity contribution is 0.0532. The molecule has 39 heavy (non-hydrogen) atoms. The standard InChI is InChI=1S/C26H22N8O3S2/c1-3-27-26(36)33-19-12-15(23-32-18(14-38-23)17-8-5-6-9-28-17)16(13-31-19)24-34-20(22-29-10-7-11-30-22)21(39-24)25(35)37-4-2/h5-14H,3-4H2,1-2H3,(H2,27,31,33,36). The lowest BCUT2D eigenvalue weighted by Gasteiger charge is -2.09. The number of hydrogen-bond acceptors (Lipinski definition) is 11. The smallest absolute Gasteiger partial charge is 0.350 e. The highest BCUT2D eigenvalue weighted by molar-refractivity contribution is 7.17. The minimum absolute atomic E-state index is 0.212. The first-order valence-corrected chi connectivity index (χ1v) is 13.6. The fraction of sp³-hybridized carbons (Fsp3) is 0.154. The number of thiazole rings is 2. The molecule has 2 N–H and O–H groups in total. The SMILES string of the molecule is CCNC(=O)Nc1cc(-c2nc(-c3ccccn3)cs2)c(-c2nc(-c3ncccn3)c(C(=O)OCC)s2)cn1. The third kappa shape index (κ3) is 5.78. The number of carbonyl (C=O) groups is 2. The highest BCUT2D eigenvalue weighted by atomic mass is 32.1. The maximum Gasteiger partial charge on any atom is 0.350 e. The monoisotopic (exact) mass is 558 g/mol. The molecule has 5 heterocycles. The van der Waals surface area contributed by atoms with Crippen molar-refractivity contribution in [3.8, 4) is 44.0 Å². The number of nitrogens with one attached hydrogen (secondary N) is 2. The van der Waals surface area contributed by atoms with Crippen LogP contribution in [0, 0.1) is 0 Å². The highest BCUT2D eigenvalue weighted by Crippen LogP contribution is 2.40. The third-order valence-corrected chi connectivity index (χ3v) is 7.19. The Kier molecular flexibility index (Phi) is 7.89. The van der Waals surface area contributed by atoms with Crippen molar-refractivity contribution in [1.82, 2.24) is 35.2 Å². The largest absolute Gasteiger partial charge is 0.462 e. The summed E-state index contributed by atoms with van der Waals surface area (Å²) in [4.78, 5) is 52.2. The lowest BCUT2D eigenvalue weighted by Crippen LogP contribution is -2.28. The van der Waals surface area contributed by atoms with Gasteiger partial charge in [-0.25, -0.2) is 34.5 Å². The van der Waals surface area contributed by atoms with Gasteiger partial charge in [0.2, 0.25) is 0 Å². The number of amides is 2. The molecule has 13 heteroatoms. The quantitative estimate of drug-likeness (QED) is 0.246. The summed E-state index contributed by atoms with van der Waals surface area (Å²) in [6.07, 6.45) is 6.47. The van der Waals surface area contributed by atoms with E-state index in [4.69, 9.17) is 14.7 Å². The average Bonchev–Trinajstić information content (AvgIpc) is 3.63. The second kappa shape index (κ2) is 11.8. The maximum absolute atomic E-state index is 12.8. The molecule has 0 aliphatic rings. The number of rotatable bonds is 8. The highest BCUT2D eigenvalue weighted by Gasteiger charge is 2.25. The van der Waals surface area contributed by atoms with Gasteiger partial charge in [-0.15, -0.1) is 22.7 Å². The Morgan fingerprint density at radius 3 is 2.49 bits per heavy atom. The summed E-state index contributed by atoms with van der Waals surface area (Å²) in [6.45, 7) is 4.25. The number of urea groups is 1. The molecule has 0 spiro atoms. The van der Waals surface area contributed by atoms with E-state index < -0.39 is 5.97 Å². The first-order valence-electron chi connectivity index (χ1n) is 11.9. The van der Waals surface area contributed by atoms with Crippen molar-refractivity contribution in [2.75, 3.05) is 18.5 Å². The number of ether oxygens (including phenoxy) is 1. The van der Waals surface area contributed by atoms with Crippen LogP contribution in [0.1, 0.15) is 23.5 Å². The van der Waals surface area contributed by atoms with E-state index in [0.29, 0.717) is 50.7 Å². The van der Waals surface area contributed by atoms with Crippen LogP contribution in [0.3, 0.4) is 0 Å². The van der Waals surface area contributed by atoms with Gasteiger partial charge in [0.15, 0.2) is 5.82 Å². The Morgan fingerprint density at radius 2 is 1.74 bits per heavy atom. The summed E-state index contributed by atoms with van der Waals surface area (Å²) in [5.41, 5.74) is 3.06. The van der Waals surface area contributed by atoms with E-state index in [2.05, 4.69) is 30.6 Å². The first-order chi connectivity index (χ1) is 19.1. The predicted octanol–water partition coefficient (Wildman–Crippen LogP) is 5.17. The third-order valence-electron chi connectivity index (χ3n) is 5.24. The van der Waals surface area contributed by atoms with Crippen molar-refractivity contribution < 1.29 is 14.3 Å². The van der Waals surface area contributed by atoms with Gasteiger partial charge >= 0.3 is 12.0 Å². The summed E-state index contributed by atoms with van der Waals surface area (Å²) in [5.74, 6) is 0.126. The van der Waals surface area contributed by atoms with E-state index in [0.717, 1.165) is 17.0 Å². The van der Waals surface area contributed by atoms with Crippen molar-refractivity contribution in [2.24, 2.45) is 0 Å². The molecule has 0 aromatic carbocycles. The number of pyridine rings is 2. The number of carbonyl (C=O) groups excluding carboxylic acids is 2. The lowest BCUT2D eigenvalue weighted by atomic mass is 10.1. The Labute approximate surface area is 231 Å². The second-order valence-electron chi connectivity index (χ2n) is 7.84.